The SMILES string of the molecule is C=C1OC(c2ccccc2)(C(F)(F)F)C(/C=C/c2ccc(/C=C/c3ccc(N)cc3OCc3ccccc3)s2)=C1C#N.CCCC.CCCC.N#CC#N. The Morgan fingerprint density at radius 1 is 0.778 bits per heavy atom. The number of ether oxygens (including phenoxy) is 2. The molecule has 0 spiro atoms. The lowest BCUT2D eigenvalue weighted by Gasteiger charge is -2.33. The van der Waals surface area contributed by atoms with E-state index in [0.29, 0.717) is 22.9 Å². The Balaban J connectivity index is 0.000000736. The Morgan fingerprint density at radius 3 is 1.81 bits per heavy atom. The molecule has 0 radical (unpaired) electrons. The fourth-order valence-corrected chi connectivity index (χ4v) is 5.45. The summed E-state index contributed by atoms with van der Waals surface area (Å²) in [4.78, 5) is 1.56. The van der Waals surface area contributed by atoms with E-state index in [2.05, 4.69) is 34.3 Å². The standard InChI is InChI=1S/C34H25F3N2O2S.2C4H10.C2N2/c1-23-30(21-38)31(33(41-23,34(35,36)37)26-10-6-3-7-11-26)19-18-29-17-16-28(42-29)15-13-25-12-14-27(39)20-32(25)40-22-24-8-4-2-5-9-24;2*1-3-4-2;3-1-2-4/h2-20H,1,22,39H2;2*3-4H2,1-2H3;/b15-13+,19-18+;;;. The number of hydrogen-bond donors (Lipinski definition) is 1. The fourth-order valence-electron chi connectivity index (χ4n) is 4.64. The molecular formula is C44H45F3N4O2S. The van der Waals surface area contributed by atoms with Crippen LogP contribution in [0, 0.1) is 34.0 Å². The maximum atomic E-state index is 14.7. The van der Waals surface area contributed by atoms with E-state index in [1.54, 1.807) is 30.3 Å². The first-order valence-corrected chi connectivity index (χ1v) is 18.2. The highest BCUT2D eigenvalue weighted by Crippen LogP contribution is 2.55. The first-order valence-electron chi connectivity index (χ1n) is 17.4. The van der Waals surface area contributed by atoms with Crippen molar-refractivity contribution in [3.63, 3.8) is 0 Å². The van der Waals surface area contributed by atoms with Gasteiger partial charge in [0, 0.05) is 38.2 Å². The van der Waals surface area contributed by atoms with Gasteiger partial charge in [-0.3, -0.25) is 0 Å². The number of allylic oxidation sites excluding steroid dienone is 1. The Morgan fingerprint density at radius 2 is 1.31 bits per heavy atom. The molecule has 2 heterocycles. The third kappa shape index (κ3) is 12.6. The van der Waals surface area contributed by atoms with Crippen molar-refractivity contribution < 1.29 is 22.6 Å². The van der Waals surface area contributed by atoms with E-state index in [9.17, 15) is 18.4 Å². The molecule has 2 N–H and O–H groups in total. The normalized spacial score (nSPS) is 14.6. The number of anilines is 1. The number of benzene rings is 3. The smallest absolute Gasteiger partial charge is 0.437 e. The van der Waals surface area contributed by atoms with Gasteiger partial charge >= 0.3 is 6.18 Å². The van der Waals surface area contributed by atoms with Crippen LogP contribution in [-0.2, 0) is 16.9 Å². The lowest BCUT2D eigenvalue weighted by molar-refractivity contribution is -0.248. The predicted octanol–water partition coefficient (Wildman–Crippen LogP) is 12.6. The predicted molar refractivity (Wildman–Crippen MR) is 213 cm³/mol. The second-order valence-corrected chi connectivity index (χ2v) is 12.8. The summed E-state index contributed by atoms with van der Waals surface area (Å²) in [6, 6.07) is 30.5. The lowest BCUT2D eigenvalue weighted by atomic mass is 9.84. The fraction of sp³-hybridized carbons (Fsp3) is 0.250. The van der Waals surface area contributed by atoms with Crippen LogP contribution in [-0.4, -0.2) is 6.18 Å². The first-order chi connectivity index (χ1) is 26.0. The maximum Gasteiger partial charge on any atom is 0.437 e. The van der Waals surface area contributed by atoms with Crippen molar-refractivity contribution in [1.82, 2.24) is 0 Å². The van der Waals surface area contributed by atoms with E-state index in [4.69, 9.17) is 25.7 Å². The average Bonchev–Trinajstić information content (AvgIpc) is 3.78. The van der Waals surface area contributed by atoms with E-state index >= 15 is 0 Å². The van der Waals surface area contributed by atoms with Crippen LogP contribution >= 0.6 is 11.3 Å². The molecule has 1 unspecified atom stereocenters. The third-order valence-corrected chi connectivity index (χ3v) is 8.72. The zero-order valence-electron chi connectivity index (χ0n) is 31.0. The van der Waals surface area contributed by atoms with Crippen LogP contribution in [0.1, 0.15) is 79.8 Å². The van der Waals surface area contributed by atoms with Gasteiger partial charge in [-0.15, -0.1) is 11.3 Å². The largest absolute Gasteiger partial charge is 0.488 e. The molecule has 54 heavy (non-hydrogen) atoms. The number of nitrogen functional groups attached to an aromatic ring is 1. The molecule has 3 aromatic carbocycles. The molecule has 4 aromatic rings. The Labute approximate surface area is 321 Å². The van der Waals surface area contributed by atoms with Crippen LogP contribution < -0.4 is 10.5 Å². The molecule has 1 aliphatic rings. The van der Waals surface area contributed by atoms with Crippen molar-refractivity contribution in [2.45, 2.75) is 71.8 Å². The molecule has 1 atom stereocenters. The zero-order valence-corrected chi connectivity index (χ0v) is 31.8. The monoisotopic (exact) mass is 750 g/mol. The molecule has 0 fully saturated rings. The van der Waals surface area contributed by atoms with Gasteiger partial charge in [0.2, 0.25) is 0 Å². The van der Waals surface area contributed by atoms with Crippen LogP contribution in [0.4, 0.5) is 18.9 Å². The molecule has 0 saturated carbocycles. The topological polar surface area (TPSA) is 116 Å². The summed E-state index contributed by atoms with van der Waals surface area (Å²) >= 11 is 1.38. The van der Waals surface area contributed by atoms with E-state index in [0.717, 1.165) is 16.0 Å². The number of hydrogen-bond acceptors (Lipinski definition) is 7. The maximum absolute atomic E-state index is 14.7. The van der Waals surface area contributed by atoms with Crippen molar-refractivity contribution in [3.05, 3.63) is 147 Å². The molecule has 6 nitrogen and oxygen atoms in total. The Hall–Kier alpha value is -6.02. The summed E-state index contributed by atoms with van der Waals surface area (Å²) in [6.45, 7) is 12.7. The summed E-state index contributed by atoms with van der Waals surface area (Å²) in [6.07, 6.45) is 7.07. The molecule has 5 rings (SSSR count). The lowest BCUT2D eigenvalue weighted by Crippen LogP contribution is -2.43. The van der Waals surface area contributed by atoms with Gasteiger partial charge in [-0.25, -0.2) is 0 Å². The third-order valence-electron chi connectivity index (χ3n) is 7.71. The van der Waals surface area contributed by atoms with E-state index in [-0.39, 0.29) is 22.5 Å². The highest BCUT2D eigenvalue weighted by molar-refractivity contribution is 7.13. The van der Waals surface area contributed by atoms with Crippen LogP contribution in [0.15, 0.2) is 121 Å². The van der Waals surface area contributed by atoms with Gasteiger partial charge in [0.15, 0.2) is 12.1 Å². The second-order valence-electron chi connectivity index (χ2n) is 11.7. The molecule has 0 saturated heterocycles. The molecule has 0 amide bonds. The number of nitrogens with two attached hydrogens (primary N) is 1. The van der Waals surface area contributed by atoms with Crippen molar-refractivity contribution in [1.29, 1.82) is 15.8 Å². The van der Waals surface area contributed by atoms with E-state index in [1.807, 2.05) is 60.7 Å². The van der Waals surface area contributed by atoms with Crippen molar-refractivity contribution in [3.8, 4) is 24.0 Å². The molecule has 0 aliphatic carbocycles. The van der Waals surface area contributed by atoms with Gasteiger partial charge in [0.05, 0.1) is 0 Å². The minimum absolute atomic E-state index is 0.132. The highest BCUT2D eigenvalue weighted by atomic mass is 32.1. The van der Waals surface area contributed by atoms with Gasteiger partial charge in [0.25, 0.3) is 5.60 Å². The summed E-state index contributed by atoms with van der Waals surface area (Å²) in [5.41, 5.74) is 4.90. The quantitative estimate of drug-likeness (QED) is 0.161. The summed E-state index contributed by atoms with van der Waals surface area (Å²) in [5.74, 6) is 0.315. The number of unbranched alkanes of at least 4 members (excludes halogenated alkanes) is 2. The van der Waals surface area contributed by atoms with Gasteiger partial charge in [0.1, 0.15) is 29.8 Å². The zero-order chi connectivity index (χ0) is 40.0. The molecule has 1 aromatic heterocycles. The first kappa shape index (κ1) is 44.1. The van der Waals surface area contributed by atoms with Gasteiger partial charge in [-0.2, -0.15) is 29.0 Å². The van der Waals surface area contributed by atoms with Gasteiger partial charge in [-0.1, -0.05) is 127 Å². The van der Waals surface area contributed by atoms with E-state index < -0.39 is 11.8 Å². The van der Waals surface area contributed by atoms with Crippen LogP contribution in [0.2, 0.25) is 0 Å². The Bertz CT molecular complexity index is 1980. The van der Waals surface area contributed by atoms with Crippen LogP contribution in [0.3, 0.4) is 0 Å². The summed E-state index contributed by atoms with van der Waals surface area (Å²) < 4.78 is 55.4. The Kier molecular flexibility index (Phi) is 18.7. The summed E-state index contributed by atoms with van der Waals surface area (Å²) in [5, 5.41) is 24.2. The average molecular weight is 751 g/mol. The van der Waals surface area contributed by atoms with Gasteiger partial charge < -0.3 is 15.2 Å². The highest BCUT2D eigenvalue weighted by Gasteiger charge is 2.64. The van der Waals surface area contributed by atoms with Crippen molar-refractivity contribution in [2.24, 2.45) is 0 Å². The van der Waals surface area contributed by atoms with Crippen molar-refractivity contribution in [2.75, 3.05) is 5.73 Å². The number of thiophene rings is 1. The minimum atomic E-state index is -4.85. The minimum Gasteiger partial charge on any atom is -0.488 e. The van der Waals surface area contributed by atoms with Crippen molar-refractivity contribution >= 4 is 35.3 Å². The molecule has 0 bridgehead atoms. The second kappa shape index (κ2) is 22.8. The summed E-state index contributed by atoms with van der Waals surface area (Å²) in [7, 11) is 0. The molecule has 1 aliphatic heterocycles. The van der Waals surface area contributed by atoms with Gasteiger partial charge in [-0.05, 0) is 48.1 Å². The molecular weight excluding hydrogens is 706 g/mol. The number of nitrogens with zero attached hydrogens (tertiary/aromatic N) is 3. The molecule has 10 heteroatoms. The number of rotatable bonds is 10. The number of alkyl halides is 3. The van der Waals surface area contributed by atoms with Crippen LogP contribution in [0.25, 0.3) is 18.2 Å². The van der Waals surface area contributed by atoms with E-state index in [1.165, 1.54) is 79.5 Å². The van der Waals surface area contributed by atoms with Crippen LogP contribution in [0.5, 0.6) is 5.75 Å². The number of halogens is 3. The molecule has 280 valence electrons. The number of nitriles is 3.